The van der Waals surface area contributed by atoms with Crippen molar-refractivity contribution in [3.8, 4) is 0 Å². The van der Waals surface area contributed by atoms with Crippen molar-refractivity contribution >= 4 is 28.7 Å². The number of benzene rings is 1. The molecule has 0 fully saturated rings. The van der Waals surface area contributed by atoms with Crippen LogP contribution in [0.4, 0.5) is 0 Å². The molecule has 0 aliphatic heterocycles. The van der Waals surface area contributed by atoms with Crippen LogP contribution in [0.2, 0.25) is 0 Å². The van der Waals surface area contributed by atoms with Gasteiger partial charge in [0, 0.05) is 23.1 Å². The minimum atomic E-state index is -0.554. The zero-order valence-corrected chi connectivity index (χ0v) is 15.3. The van der Waals surface area contributed by atoms with Crippen LogP contribution in [0, 0.1) is 0 Å². The molecule has 7 heteroatoms. The molecule has 7 nitrogen and oxygen atoms in total. The van der Waals surface area contributed by atoms with E-state index in [1.807, 2.05) is 19.9 Å². The van der Waals surface area contributed by atoms with Gasteiger partial charge in [0.2, 0.25) is 0 Å². The van der Waals surface area contributed by atoms with E-state index >= 15 is 0 Å². The van der Waals surface area contributed by atoms with Gasteiger partial charge in [0.1, 0.15) is 6.54 Å². The van der Waals surface area contributed by atoms with E-state index < -0.39 is 11.9 Å². The van der Waals surface area contributed by atoms with Gasteiger partial charge in [-0.05, 0) is 18.9 Å². The summed E-state index contributed by atoms with van der Waals surface area (Å²) in [6.07, 6.45) is 3.20. The molecule has 0 aliphatic carbocycles. The first-order valence-corrected chi connectivity index (χ1v) is 8.61. The number of rotatable bonds is 8. The zero-order chi connectivity index (χ0) is 19.1. The van der Waals surface area contributed by atoms with Crippen molar-refractivity contribution < 1.29 is 23.9 Å². The van der Waals surface area contributed by atoms with E-state index in [9.17, 15) is 14.4 Å². The number of carbonyl (C=O) groups is 3. The van der Waals surface area contributed by atoms with Crippen molar-refractivity contribution in [2.75, 3.05) is 13.7 Å². The lowest BCUT2D eigenvalue weighted by atomic mass is 10.2. The first-order valence-electron chi connectivity index (χ1n) is 8.61. The number of amides is 1. The predicted octanol–water partition coefficient (Wildman–Crippen LogP) is 2.28. The Bertz CT molecular complexity index is 792. The first kappa shape index (κ1) is 19.5. The summed E-state index contributed by atoms with van der Waals surface area (Å²) < 4.78 is 11.4. The summed E-state index contributed by atoms with van der Waals surface area (Å²) in [5.74, 6) is -1.35. The molecule has 0 spiro atoms. The Morgan fingerprint density at radius 3 is 2.50 bits per heavy atom. The number of ether oxygens (including phenoxy) is 2. The molecule has 0 aliphatic rings. The molecule has 0 bridgehead atoms. The SMILES string of the molecule is CCC(CC)NC(=O)COC(=O)Cn1cc(C(=O)OC)c2ccccc21. The molecular formula is C19H24N2O5. The Morgan fingerprint density at radius 2 is 1.85 bits per heavy atom. The van der Waals surface area contributed by atoms with Gasteiger partial charge < -0.3 is 19.4 Å². The van der Waals surface area contributed by atoms with Crippen molar-refractivity contribution in [1.82, 2.24) is 9.88 Å². The van der Waals surface area contributed by atoms with Crippen LogP contribution in [0.15, 0.2) is 30.5 Å². The Hall–Kier alpha value is -2.83. The summed E-state index contributed by atoms with van der Waals surface area (Å²) >= 11 is 0. The molecule has 1 heterocycles. The average Bonchev–Trinajstić information content (AvgIpc) is 3.02. The maximum Gasteiger partial charge on any atom is 0.340 e. The highest BCUT2D eigenvalue weighted by molar-refractivity contribution is 6.04. The number of methoxy groups -OCH3 is 1. The van der Waals surface area contributed by atoms with Crippen LogP contribution >= 0.6 is 0 Å². The van der Waals surface area contributed by atoms with Gasteiger partial charge in [0.15, 0.2) is 6.61 Å². The van der Waals surface area contributed by atoms with Crippen LogP contribution in [-0.2, 0) is 25.6 Å². The van der Waals surface area contributed by atoms with E-state index in [-0.39, 0.29) is 25.1 Å². The molecule has 1 aromatic heterocycles. The predicted molar refractivity (Wildman–Crippen MR) is 96.7 cm³/mol. The number of hydrogen-bond donors (Lipinski definition) is 1. The van der Waals surface area contributed by atoms with Crippen molar-refractivity contribution in [1.29, 1.82) is 0 Å². The molecule has 2 aromatic rings. The Labute approximate surface area is 152 Å². The third-order valence-electron chi connectivity index (χ3n) is 4.21. The third kappa shape index (κ3) is 4.62. The fourth-order valence-electron chi connectivity index (χ4n) is 2.74. The van der Waals surface area contributed by atoms with Gasteiger partial charge in [0.05, 0.1) is 12.7 Å². The Morgan fingerprint density at radius 1 is 1.15 bits per heavy atom. The highest BCUT2D eigenvalue weighted by Gasteiger charge is 2.17. The lowest BCUT2D eigenvalue weighted by Crippen LogP contribution is -2.37. The number of aromatic nitrogens is 1. The number of hydrogen-bond acceptors (Lipinski definition) is 5. The van der Waals surface area contributed by atoms with E-state index in [0.29, 0.717) is 16.5 Å². The summed E-state index contributed by atoms with van der Waals surface area (Å²) in [7, 11) is 1.31. The summed E-state index contributed by atoms with van der Waals surface area (Å²) in [6, 6.07) is 7.28. The molecule has 1 aromatic carbocycles. The van der Waals surface area contributed by atoms with E-state index in [1.165, 1.54) is 7.11 Å². The van der Waals surface area contributed by atoms with Crippen molar-refractivity contribution in [2.45, 2.75) is 39.3 Å². The molecule has 140 valence electrons. The molecule has 0 saturated carbocycles. The molecule has 0 saturated heterocycles. The number of nitrogens with one attached hydrogen (secondary N) is 1. The van der Waals surface area contributed by atoms with E-state index in [1.54, 1.807) is 29.0 Å². The quantitative estimate of drug-likeness (QED) is 0.730. The fourth-order valence-corrected chi connectivity index (χ4v) is 2.74. The maximum absolute atomic E-state index is 12.1. The molecule has 2 rings (SSSR count). The highest BCUT2D eigenvalue weighted by Crippen LogP contribution is 2.22. The lowest BCUT2D eigenvalue weighted by molar-refractivity contribution is -0.149. The second kappa shape index (κ2) is 9.03. The topological polar surface area (TPSA) is 86.6 Å². The van der Waals surface area contributed by atoms with Crippen LogP contribution < -0.4 is 5.32 Å². The normalized spacial score (nSPS) is 10.8. The zero-order valence-electron chi connectivity index (χ0n) is 15.3. The number of esters is 2. The van der Waals surface area contributed by atoms with Crippen LogP contribution in [-0.4, -0.2) is 42.2 Å². The number of para-hydroxylation sites is 1. The molecular weight excluding hydrogens is 336 g/mol. The van der Waals surface area contributed by atoms with Gasteiger partial charge in [-0.1, -0.05) is 32.0 Å². The smallest absolute Gasteiger partial charge is 0.340 e. The monoisotopic (exact) mass is 360 g/mol. The molecule has 1 amide bonds. The van der Waals surface area contributed by atoms with Crippen LogP contribution in [0.3, 0.4) is 0 Å². The number of carbonyl (C=O) groups excluding carboxylic acids is 3. The van der Waals surface area contributed by atoms with Gasteiger partial charge in [-0.25, -0.2) is 4.79 Å². The van der Waals surface area contributed by atoms with Crippen molar-refractivity contribution in [2.24, 2.45) is 0 Å². The van der Waals surface area contributed by atoms with Crippen LogP contribution in [0.1, 0.15) is 37.0 Å². The minimum Gasteiger partial charge on any atom is -0.465 e. The fraction of sp³-hybridized carbons (Fsp3) is 0.421. The molecule has 0 atom stereocenters. The second-order valence-electron chi connectivity index (χ2n) is 5.92. The third-order valence-corrected chi connectivity index (χ3v) is 4.21. The van der Waals surface area contributed by atoms with Gasteiger partial charge in [-0.3, -0.25) is 9.59 Å². The van der Waals surface area contributed by atoms with E-state index in [2.05, 4.69) is 5.32 Å². The standard InChI is InChI=1S/C19H24N2O5/c1-4-13(5-2)20-17(22)12-26-18(23)11-21-10-15(19(24)25-3)14-8-6-7-9-16(14)21/h6-10,13H,4-5,11-12H2,1-3H3,(H,20,22). The second-order valence-corrected chi connectivity index (χ2v) is 5.92. The average molecular weight is 360 g/mol. The molecule has 0 unspecified atom stereocenters. The lowest BCUT2D eigenvalue weighted by Gasteiger charge is -2.14. The van der Waals surface area contributed by atoms with Crippen LogP contribution in [0.5, 0.6) is 0 Å². The Balaban J connectivity index is 2.03. The number of fused-ring (bicyclic) bond motifs is 1. The van der Waals surface area contributed by atoms with Crippen molar-refractivity contribution in [3.63, 3.8) is 0 Å². The summed E-state index contributed by atoms with van der Waals surface area (Å²) in [5, 5.41) is 3.50. The van der Waals surface area contributed by atoms with E-state index in [4.69, 9.17) is 9.47 Å². The Kier molecular flexibility index (Phi) is 6.77. The van der Waals surface area contributed by atoms with Gasteiger partial charge in [0.25, 0.3) is 5.91 Å². The van der Waals surface area contributed by atoms with Gasteiger partial charge >= 0.3 is 11.9 Å². The van der Waals surface area contributed by atoms with Crippen LogP contribution in [0.25, 0.3) is 10.9 Å². The summed E-state index contributed by atoms with van der Waals surface area (Å²) in [6.45, 7) is 3.54. The van der Waals surface area contributed by atoms with Crippen molar-refractivity contribution in [3.05, 3.63) is 36.0 Å². The highest BCUT2D eigenvalue weighted by atomic mass is 16.5. The van der Waals surface area contributed by atoms with Gasteiger partial charge in [-0.15, -0.1) is 0 Å². The largest absolute Gasteiger partial charge is 0.465 e. The molecule has 0 radical (unpaired) electrons. The minimum absolute atomic E-state index is 0.0807. The number of nitrogens with zero attached hydrogens (tertiary/aromatic N) is 1. The van der Waals surface area contributed by atoms with Gasteiger partial charge in [-0.2, -0.15) is 0 Å². The molecule has 26 heavy (non-hydrogen) atoms. The summed E-state index contributed by atoms with van der Waals surface area (Å²) in [4.78, 5) is 35.8. The first-order chi connectivity index (χ1) is 12.5. The maximum atomic E-state index is 12.1. The molecule has 1 N–H and O–H groups in total. The van der Waals surface area contributed by atoms with E-state index in [0.717, 1.165) is 12.8 Å². The summed E-state index contributed by atoms with van der Waals surface area (Å²) in [5.41, 5.74) is 1.09.